The third-order valence-corrected chi connectivity index (χ3v) is 3.97. The van der Waals surface area contributed by atoms with Gasteiger partial charge < -0.3 is 0 Å². The molecule has 1 rings (SSSR count). The Morgan fingerprint density at radius 2 is 2.12 bits per heavy atom. The lowest BCUT2D eigenvalue weighted by Crippen LogP contribution is -2.35. The first-order valence-corrected chi connectivity index (χ1v) is 7.38. The Labute approximate surface area is 110 Å². The minimum Gasteiger partial charge on any atom is -0.271 e. The van der Waals surface area contributed by atoms with Crippen molar-refractivity contribution in [3.63, 3.8) is 0 Å². The van der Waals surface area contributed by atoms with Crippen LogP contribution in [0, 0.1) is 5.41 Å². The number of thiophene rings is 1. The van der Waals surface area contributed by atoms with Crippen LogP contribution in [0.4, 0.5) is 0 Å². The zero-order chi connectivity index (χ0) is 12.7. The number of nitrogens with one attached hydrogen (secondary N) is 1. The van der Waals surface area contributed by atoms with Gasteiger partial charge in [-0.25, -0.2) is 0 Å². The molecule has 98 valence electrons. The van der Waals surface area contributed by atoms with Crippen LogP contribution in [0.15, 0.2) is 17.5 Å². The molecule has 0 aliphatic heterocycles. The minimum absolute atomic E-state index is 0.406. The average Bonchev–Trinajstić information content (AvgIpc) is 2.74. The van der Waals surface area contributed by atoms with E-state index in [0.717, 1.165) is 0 Å². The molecule has 0 aliphatic carbocycles. The molecule has 17 heavy (non-hydrogen) atoms. The fraction of sp³-hybridized carbons (Fsp3) is 0.714. The highest BCUT2D eigenvalue weighted by Crippen LogP contribution is 2.23. The van der Waals surface area contributed by atoms with Crippen LogP contribution in [0.25, 0.3) is 0 Å². The summed E-state index contributed by atoms with van der Waals surface area (Å²) in [5.41, 5.74) is 3.36. The van der Waals surface area contributed by atoms with Crippen molar-refractivity contribution in [1.82, 2.24) is 5.43 Å². The molecule has 0 radical (unpaired) electrons. The van der Waals surface area contributed by atoms with Gasteiger partial charge >= 0.3 is 0 Å². The van der Waals surface area contributed by atoms with Gasteiger partial charge in [-0.2, -0.15) is 0 Å². The molecule has 1 aromatic heterocycles. The van der Waals surface area contributed by atoms with Gasteiger partial charge in [-0.05, 0) is 49.0 Å². The van der Waals surface area contributed by atoms with Crippen LogP contribution >= 0.6 is 11.3 Å². The van der Waals surface area contributed by atoms with Crippen molar-refractivity contribution in [2.75, 3.05) is 0 Å². The van der Waals surface area contributed by atoms with Crippen LogP contribution in [0.2, 0.25) is 0 Å². The molecular formula is C14H26N2S. The summed E-state index contributed by atoms with van der Waals surface area (Å²) in [7, 11) is 0. The van der Waals surface area contributed by atoms with E-state index in [0.29, 0.717) is 11.5 Å². The molecule has 0 saturated carbocycles. The number of aryl methyl sites for hydroxylation is 1. The molecule has 0 aromatic carbocycles. The van der Waals surface area contributed by atoms with Crippen molar-refractivity contribution in [1.29, 1.82) is 0 Å². The van der Waals surface area contributed by atoms with Crippen molar-refractivity contribution < 1.29 is 0 Å². The van der Waals surface area contributed by atoms with Gasteiger partial charge in [0, 0.05) is 10.9 Å². The fourth-order valence-electron chi connectivity index (χ4n) is 1.90. The SMILES string of the molecule is CC(C)(C)CCC(CCCc1cccs1)NN. The Balaban J connectivity index is 2.18. The maximum absolute atomic E-state index is 5.61. The van der Waals surface area contributed by atoms with Gasteiger partial charge in [0.2, 0.25) is 0 Å². The number of nitrogens with two attached hydrogens (primary N) is 1. The molecule has 1 unspecified atom stereocenters. The Kier molecular flexibility index (Phi) is 6.17. The molecule has 0 fully saturated rings. The van der Waals surface area contributed by atoms with Crippen LogP contribution in [0.3, 0.4) is 0 Å². The Hall–Kier alpha value is -0.380. The number of hydrogen-bond acceptors (Lipinski definition) is 3. The van der Waals surface area contributed by atoms with Crippen molar-refractivity contribution in [3.8, 4) is 0 Å². The van der Waals surface area contributed by atoms with Gasteiger partial charge in [0.05, 0.1) is 0 Å². The predicted molar refractivity (Wildman–Crippen MR) is 77.1 cm³/mol. The van der Waals surface area contributed by atoms with Gasteiger partial charge in [0.15, 0.2) is 0 Å². The normalized spacial score (nSPS) is 13.9. The van der Waals surface area contributed by atoms with Crippen LogP contribution < -0.4 is 11.3 Å². The maximum Gasteiger partial charge on any atom is 0.0210 e. The smallest absolute Gasteiger partial charge is 0.0210 e. The Morgan fingerprint density at radius 3 is 2.65 bits per heavy atom. The molecule has 3 N–H and O–H groups in total. The molecule has 1 aromatic rings. The highest BCUT2D eigenvalue weighted by Gasteiger charge is 2.14. The maximum atomic E-state index is 5.61. The van der Waals surface area contributed by atoms with Gasteiger partial charge in [0.25, 0.3) is 0 Å². The van der Waals surface area contributed by atoms with E-state index in [1.54, 1.807) is 0 Å². The van der Waals surface area contributed by atoms with Crippen molar-refractivity contribution in [2.24, 2.45) is 11.3 Å². The predicted octanol–water partition coefficient (Wildman–Crippen LogP) is 3.73. The summed E-state index contributed by atoms with van der Waals surface area (Å²) in [5.74, 6) is 5.61. The fourth-order valence-corrected chi connectivity index (χ4v) is 2.65. The van der Waals surface area contributed by atoms with Crippen molar-refractivity contribution in [3.05, 3.63) is 22.4 Å². The lowest BCUT2D eigenvalue weighted by atomic mass is 9.88. The first kappa shape index (κ1) is 14.7. The summed E-state index contributed by atoms with van der Waals surface area (Å²) in [6, 6.07) is 4.80. The van der Waals surface area contributed by atoms with E-state index < -0.39 is 0 Å². The molecule has 0 bridgehead atoms. The molecule has 0 saturated heterocycles. The summed E-state index contributed by atoms with van der Waals surface area (Å²) in [5, 5.41) is 2.15. The van der Waals surface area contributed by atoms with Crippen molar-refractivity contribution in [2.45, 2.75) is 58.9 Å². The largest absolute Gasteiger partial charge is 0.271 e. The minimum atomic E-state index is 0.406. The lowest BCUT2D eigenvalue weighted by molar-refractivity contribution is 0.322. The van der Waals surface area contributed by atoms with E-state index in [1.165, 1.54) is 37.0 Å². The first-order chi connectivity index (χ1) is 8.01. The molecular weight excluding hydrogens is 228 g/mol. The summed E-state index contributed by atoms with van der Waals surface area (Å²) >= 11 is 1.85. The van der Waals surface area contributed by atoms with E-state index in [-0.39, 0.29) is 0 Å². The van der Waals surface area contributed by atoms with E-state index in [4.69, 9.17) is 5.84 Å². The summed E-state index contributed by atoms with van der Waals surface area (Å²) in [6.45, 7) is 6.85. The second-order valence-electron chi connectivity index (χ2n) is 5.93. The zero-order valence-corrected chi connectivity index (χ0v) is 12.1. The highest BCUT2D eigenvalue weighted by molar-refractivity contribution is 7.09. The van der Waals surface area contributed by atoms with Gasteiger partial charge in [-0.1, -0.05) is 26.8 Å². The summed E-state index contributed by atoms with van der Waals surface area (Å²) in [4.78, 5) is 1.48. The van der Waals surface area contributed by atoms with Gasteiger partial charge in [0.1, 0.15) is 0 Å². The number of hydrogen-bond donors (Lipinski definition) is 2. The van der Waals surface area contributed by atoms with Crippen molar-refractivity contribution >= 4 is 11.3 Å². The molecule has 1 heterocycles. The number of rotatable bonds is 7. The van der Waals surface area contributed by atoms with E-state index in [1.807, 2.05) is 11.3 Å². The third kappa shape index (κ3) is 6.81. The number of hydrazine groups is 1. The van der Waals surface area contributed by atoms with E-state index in [9.17, 15) is 0 Å². The topological polar surface area (TPSA) is 38.0 Å². The third-order valence-electron chi connectivity index (χ3n) is 3.03. The molecule has 1 atom stereocenters. The molecule has 2 nitrogen and oxygen atoms in total. The monoisotopic (exact) mass is 254 g/mol. The van der Waals surface area contributed by atoms with Crippen LogP contribution in [-0.4, -0.2) is 6.04 Å². The van der Waals surface area contributed by atoms with Crippen LogP contribution in [0.5, 0.6) is 0 Å². The van der Waals surface area contributed by atoms with E-state index >= 15 is 0 Å². The second-order valence-corrected chi connectivity index (χ2v) is 6.97. The Bertz CT molecular complexity index is 288. The molecule has 0 aliphatic rings. The molecule has 0 amide bonds. The quantitative estimate of drug-likeness (QED) is 0.575. The van der Waals surface area contributed by atoms with Crippen LogP contribution in [-0.2, 0) is 6.42 Å². The lowest BCUT2D eigenvalue weighted by Gasteiger charge is -2.22. The standard InChI is InChI=1S/C14H26N2S/c1-14(2,3)10-9-12(16-15)6-4-7-13-8-5-11-17-13/h5,8,11-12,16H,4,6-7,9-10,15H2,1-3H3. The van der Waals surface area contributed by atoms with E-state index in [2.05, 4.69) is 43.7 Å². The van der Waals surface area contributed by atoms with Crippen LogP contribution in [0.1, 0.15) is 51.3 Å². The summed E-state index contributed by atoms with van der Waals surface area (Å²) < 4.78 is 0. The Morgan fingerprint density at radius 1 is 1.35 bits per heavy atom. The molecule has 0 spiro atoms. The zero-order valence-electron chi connectivity index (χ0n) is 11.3. The first-order valence-electron chi connectivity index (χ1n) is 6.50. The highest BCUT2D eigenvalue weighted by atomic mass is 32.1. The average molecular weight is 254 g/mol. The van der Waals surface area contributed by atoms with Gasteiger partial charge in [-0.3, -0.25) is 11.3 Å². The molecule has 3 heteroatoms. The second kappa shape index (κ2) is 7.14. The van der Waals surface area contributed by atoms with Gasteiger partial charge in [-0.15, -0.1) is 11.3 Å². The summed E-state index contributed by atoms with van der Waals surface area (Å²) in [6.07, 6.45) is 5.97.